The number of anilines is 1. The molecule has 5 rings (SSSR count). The summed E-state index contributed by atoms with van der Waals surface area (Å²) < 4.78 is 11.1. The van der Waals surface area contributed by atoms with E-state index in [0.717, 1.165) is 4.88 Å². The number of ether oxygens (including phenoxy) is 2. The average Bonchev–Trinajstić information content (AvgIpc) is 3.47. The first kappa shape index (κ1) is 23.3. The molecule has 36 heavy (non-hydrogen) atoms. The van der Waals surface area contributed by atoms with Crippen LogP contribution >= 0.6 is 11.3 Å². The lowest BCUT2D eigenvalue weighted by atomic mass is 10.1. The van der Waals surface area contributed by atoms with E-state index in [9.17, 15) is 9.59 Å². The second-order valence-electron chi connectivity index (χ2n) is 7.97. The molecule has 1 N–H and O–H groups in total. The molecule has 6 nitrogen and oxygen atoms in total. The van der Waals surface area contributed by atoms with E-state index in [4.69, 9.17) is 14.5 Å². The third-order valence-electron chi connectivity index (χ3n) is 5.61. The van der Waals surface area contributed by atoms with Crippen LogP contribution < -0.4 is 10.1 Å². The van der Waals surface area contributed by atoms with Crippen LogP contribution in [0.3, 0.4) is 0 Å². The van der Waals surface area contributed by atoms with Crippen molar-refractivity contribution in [2.24, 2.45) is 0 Å². The van der Waals surface area contributed by atoms with Crippen molar-refractivity contribution in [3.05, 3.63) is 114 Å². The SMILES string of the molecule is COc1cccc(NC(=O)C(OC(=O)c2cc(-c3cccs3)nc3ccccc23)c2ccccc2)c1. The third-order valence-corrected chi connectivity index (χ3v) is 6.50. The number of hydrogen-bond acceptors (Lipinski definition) is 6. The summed E-state index contributed by atoms with van der Waals surface area (Å²) in [6.45, 7) is 0. The molecule has 7 heteroatoms. The fourth-order valence-electron chi connectivity index (χ4n) is 3.87. The van der Waals surface area contributed by atoms with Crippen LogP contribution in [-0.4, -0.2) is 24.0 Å². The van der Waals surface area contributed by atoms with E-state index in [-0.39, 0.29) is 0 Å². The first-order valence-corrected chi connectivity index (χ1v) is 12.1. The maximum Gasteiger partial charge on any atom is 0.340 e. The normalized spacial score (nSPS) is 11.6. The van der Waals surface area contributed by atoms with Gasteiger partial charge in [0.15, 0.2) is 0 Å². The number of pyridine rings is 1. The number of esters is 1. The summed E-state index contributed by atoms with van der Waals surface area (Å²) in [5.74, 6) is -0.480. The second kappa shape index (κ2) is 10.4. The molecule has 0 bridgehead atoms. The molecule has 2 heterocycles. The van der Waals surface area contributed by atoms with Crippen LogP contribution in [0, 0.1) is 0 Å². The maximum absolute atomic E-state index is 13.6. The Labute approximate surface area is 212 Å². The monoisotopic (exact) mass is 494 g/mol. The van der Waals surface area contributed by atoms with Crippen molar-refractivity contribution in [2.45, 2.75) is 6.10 Å². The molecular weight excluding hydrogens is 472 g/mol. The Morgan fingerprint density at radius 1 is 0.889 bits per heavy atom. The summed E-state index contributed by atoms with van der Waals surface area (Å²) in [4.78, 5) is 32.6. The quantitative estimate of drug-likeness (QED) is 0.261. The highest BCUT2D eigenvalue weighted by Gasteiger charge is 2.27. The van der Waals surface area contributed by atoms with Gasteiger partial charge in [-0.15, -0.1) is 11.3 Å². The summed E-state index contributed by atoms with van der Waals surface area (Å²) in [6.07, 6.45) is -1.16. The molecule has 1 atom stereocenters. The Balaban J connectivity index is 1.50. The van der Waals surface area contributed by atoms with E-state index in [1.807, 2.05) is 47.8 Å². The molecule has 0 saturated carbocycles. The Kier molecular flexibility index (Phi) is 6.73. The highest BCUT2D eigenvalue weighted by Crippen LogP contribution is 2.30. The number of methoxy groups -OCH3 is 1. The largest absolute Gasteiger partial charge is 0.497 e. The Hall–Kier alpha value is -4.49. The molecule has 0 saturated heterocycles. The van der Waals surface area contributed by atoms with E-state index in [1.54, 1.807) is 61.7 Å². The van der Waals surface area contributed by atoms with Gasteiger partial charge in [0.1, 0.15) is 5.75 Å². The van der Waals surface area contributed by atoms with Gasteiger partial charge in [-0.25, -0.2) is 9.78 Å². The Morgan fingerprint density at radius 2 is 1.69 bits per heavy atom. The van der Waals surface area contributed by atoms with Crippen LogP contribution in [0.1, 0.15) is 22.0 Å². The van der Waals surface area contributed by atoms with E-state index in [1.165, 1.54) is 11.3 Å². The molecular formula is C29H22N2O4S. The van der Waals surface area contributed by atoms with Gasteiger partial charge >= 0.3 is 5.97 Å². The van der Waals surface area contributed by atoms with Gasteiger partial charge in [-0.05, 0) is 35.7 Å². The zero-order chi connectivity index (χ0) is 24.9. The molecule has 1 unspecified atom stereocenters. The lowest BCUT2D eigenvalue weighted by molar-refractivity contribution is -0.125. The minimum Gasteiger partial charge on any atom is -0.497 e. The maximum atomic E-state index is 13.6. The van der Waals surface area contributed by atoms with Crippen LogP contribution in [0.5, 0.6) is 5.75 Å². The number of benzene rings is 3. The number of para-hydroxylation sites is 1. The van der Waals surface area contributed by atoms with Crippen molar-refractivity contribution < 1.29 is 19.1 Å². The molecule has 2 aromatic heterocycles. The van der Waals surface area contributed by atoms with Crippen molar-refractivity contribution in [1.29, 1.82) is 0 Å². The topological polar surface area (TPSA) is 77.5 Å². The van der Waals surface area contributed by atoms with Crippen molar-refractivity contribution in [2.75, 3.05) is 12.4 Å². The summed E-state index contributed by atoms with van der Waals surface area (Å²) >= 11 is 1.54. The first-order chi connectivity index (χ1) is 17.6. The van der Waals surface area contributed by atoms with Gasteiger partial charge in [0.05, 0.1) is 28.8 Å². The smallest absolute Gasteiger partial charge is 0.340 e. The zero-order valence-electron chi connectivity index (χ0n) is 19.4. The number of amides is 1. The minimum absolute atomic E-state index is 0.346. The van der Waals surface area contributed by atoms with Crippen molar-refractivity contribution in [3.8, 4) is 16.3 Å². The molecule has 0 aliphatic carbocycles. The molecule has 0 spiro atoms. The fourth-order valence-corrected chi connectivity index (χ4v) is 4.56. The van der Waals surface area contributed by atoms with Crippen LogP contribution in [0.25, 0.3) is 21.5 Å². The Morgan fingerprint density at radius 3 is 2.47 bits per heavy atom. The molecule has 1 amide bonds. The minimum atomic E-state index is -1.16. The van der Waals surface area contributed by atoms with Crippen LogP contribution in [0.15, 0.2) is 102 Å². The summed E-state index contributed by atoms with van der Waals surface area (Å²) in [5.41, 5.74) is 2.79. The second-order valence-corrected chi connectivity index (χ2v) is 8.91. The molecule has 0 aliphatic rings. The molecule has 0 radical (unpaired) electrons. The van der Waals surface area contributed by atoms with Gasteiger partial charge in [-0.3, -0.25) is 4.79 Å². The van der Waals surface area contributed by atoms with E-state index < -0.39 is 18.0 Å². The predicted molar refractivity (Wildman–Crippen MR) is 141 cm³/mol. The van der Waals surface area contributed by atoms with E-state index >= 15 is 0 Å². The number of carbonyl (C=O) groups is 2. The molecule has 5 aromatic rings. The highest BCUT2D eigenvalue weighted by molar-refractivity contribution is 7.13. The van der Waals surface area contributed by atoms with E-state index in [2.05, 4.69) is 5.32 Å². The molecule has 0 aliphatic heterocycles. The van der Waals surface area contributed by atoms with Crippen LogP contribution in [0.4, 0.5) is 5.69 Å². The lowest BCUT2D eigenvalue weighted by Gasteiger charge is -2.19. The summed E-state index contributed by atoms with van der Waals surface area (Å²) in [6, 6.07) is 28.9. The third kappa shape index (κ3) is 4.96. The first-order valence-electron chi connectivity index (χ1n) is 11.3. The summed E-state index contributed by atoms with van der Waals surface area (Å²) in [5, 5.41) is 5.45. The number of hydrogen-bond donors (Lipinski definition) is 1. The lowest BCUT2D eigenvalue weighted by Crippen LogP contribution is -2.26. The van der Waals surface area contributed by atoms with Gasteiger partial charge in [0, 0.05) is 22.7 Å². The van der Waals surface area contributed by atoms with Crippen molar-refractivity contribution in [3.63, 3.8) is 0 Å². The molecule has 3 aromatic carbocycles. The highest BCUT2D eigenvalue weighted by atomic mass is 32.1. The van der Waals surface area contributed by atoms with E-state index in [0.29, 0.717) is 39.2 Å². The summed E-state index contributed by atoms with van der Waals surface area (Å²) in [7, 11) is 1.55. The number of nitrogens with zero attached hydrogens (tertiary/aromatic N) is 1. The number of nitrogens with one attached hydrogen (secondary N) is 1. The van der Waals surface area contributed by atoms with Gasteiger partial charge in [-0.1, -0.05) is 60.7 Å². The van der Waals surface area contributed by atoms with Gasteiger partial charge in [-0.2, -0.15) is 0 Å². The van der Waals surface area contributed by atoms with Gasteiger partial charge in [0.25, 0.3) is 5.91 Å². The van der Waals surface area contributed by atoms with Crippen LogP contribution in [0.2, 0.25) is 0 Å². The molecule has 0 fully saturated rings. The zero-order valence-corrected chi connectivity index (χ0v) is 20.2. The fraction of sp³-hybridized carbons (Fsp3) is 0.0690. The van der Waals surface area contributed by atoms with Crippen molar-refractivity contribution >= 4 is 39.8 Å². The van der Waals surface area contributed by atoms with Gasteiger partial charge < -0.3 is 14.8 Å². The standard InChI is InChI=1S/C29H22N2O4S/c1-34-21-12-7-11-20(17-21)30-28(32)27(19-9-3-2-4-10-19)35-29(33)23-18-25(26-15-8-16-36-26)31-24-14-6-5-13-22(23)24/h2-18,27H,1H3,(H,30,32). The van der Waals surface area contributed by atoms with Gasteiger partial charge in [0.2, 0.25) is 6.10 Å². The average molecular weight is 495 g/mol. The number of carbonyl (C=O) groups excluding carboxylic acids is 2. The van der Waals surface area contributed by atoms with Crippen molar-refractivity contribution in [1.82, 2.24) is 4.98 Å². The number of aromatic nitrogens is 1. The predicted octanol–water partition coefficient (Wildman–Crippen LogP) is 6.51. The molecule has 178 valence electrons. The number of rotatable bonds is 7. The number of fused-ring (bicyclic) bond motifs is 1. The van der Waals surface area contributed by atoms with Crippen LogP contribution in [-0.2, 0) is 9.53 Å². The Bertz CT molecular complexity index is 1520. The number of thiophene rings is 1.